The molecule has 0 radical (unpaired) electrons. The second-order valence-corrected chi connectivity index (χ2v) is 4.55. The lowest BCUT2D eigenvalue weighted by Crippen LogP contribution is -2.03. The fraction of sp³-hybridized carbons (Fsp3) is 0.400. The third kappa shape index (κ3) is 3.35. The van der Waals surface area contributed by atoms with Gasteiger partial charge in [0.2, 0.25) is 0 Å². The summed E-state index contributed by atoms with van der Waals surface area (Å²) in [6, 6.07) is 6.17. The lowest BCUT2D eigenvalue weighted by atomic mass is 10.1. The van der Waals surface area contributed by atoms with E-state index in [1.807, 2.05) is 25.4 Å². The van der Waals surface area contributed by atoms with E-state index in [9.17, 15) is 0 Å². The SMILES string of the molecule is CCOc1ccc(-c2cn(CCCN)cn2)cc1C. The van der Waals surface area contributed by atoms with E-state index in [-0.39, 0.29) is 0 Å². The van der Waals surface area contributed by atoms with Gasteiger partial charge in [-0.25, -0.2) is 4.98 Å². The van der Waals surface area contributed by atoms with Gasteiger partial charge in [-0.2, -0.15) is 0 Å². The molecule has 2 N–H and O–H groups in total. The van der Waals surface area contributed by atoms with Crippen molar-refractivity contribution < 1.29 is 4.74 Å². The topological polar surface area (TPSA) is 53.1 Å². The van der Waals surface area contributed by atoms with Crippen molar-refractivity contribution in [2.45, 2.75) is 26.8 Å². The van der Waals surface area contributed by atoms with E-state index in [1.54, 1.807) is 0 Å². The first-order valence-electron chi connectivity index (χ1n) is 6.70. The molecule has 0 atom stereocenters. The summed E-state index contributed by atoms with van der Waals surface area (Å²) < 4.78 is 7.62. The number of benzene rings is 1. The molecule has 0 saturated carbocycles. The molecule has 0 unspecified atom stereocenters. The maximum atomic E-state index is 5.55. The van der Waals surface area contributed by atoms with Gasteiger partial charge < -0.3 is 15.0 Å². The highest BCUT2D eigenvalue weighted by Crippen LogP contribution is 2.25. The number of aryl methyl sites for hydroxylation is 2. The fourth-order valence-electron chi connectivity index (χ4n) is 2.03. The highest BCUT2D eigenvalue weighted by Gasteiger charge is 2.05. The summed E-state index contributed by atoms with van der Waals surface area (Å²) in [5.74, 6) is 0.939. The minimum Gasteiger partial charge on any atom is -0.494 e. The summed E-state index contributed by atoms with van der Waals surface area (Å²) in [7, 11) is 0. The van der Waals surface area contributed by atoms with Crippen molar-refractivity contribution in [3.05, 3.63) is 36.3 Å². The smallest absolute Gasteiger partial charge is 0.122 e. The normalized spacial score (nSPS) is 10.7. The Morgan fingerprint density at radius 1 is 1.37 bits per heavy atom. The lowest BCUT2D eigenvalue weighted by Gasteiger charge is -2.07. The van der Waals surface area contributed by atoms with Crippen molar-refractivity contribution in [2.24, 2.45) is 5.73 Å². The Morgan fingerprint density at radius 2 is 2.21 bits per heavy atom. The Balaban J connectivity index is 2.17. The van der Waals surface area contributed by atoms with Gasteiger partial charge in [0.25, 0.3) is 0 Å². The minimum atomic E-state index is 0.688. The van der Waals surface area contributed by atoms with E-state index in [0.717, 1.165) is 35.5 Å². The van der Waals surface area contributed by atoms with Crippen LogP contribution in [0.1, 0.15) is 18.9 Å². The molecule has 102 valence electrons. The number of nitrogens with two attached hydrogens (primary N) is 1. The second kappa shape index (κ2) is 6.38. The molecule has 0 spiro atoms. The molecule has 0 aliphatic heterocycles. The number of hydrogen-bond donors (Lipinski definition) is 1. The number of ether oxygens (including phenoxy) is 1. The molecule has 1 aromatic heterocycles. The van der Waals surface area contributed by atoms with Crippen molar-refractivity contribution in [3.8, 4) is 17.0 Å². The fourth-order valence-corrected chi connectivity index (χ4v) is 2.03. The average molecular weight is 259 g/mol. The number of aromatic nitrogens is 2. The molecule has 0 aliphatic rings. The van der Waals surface area contributed by atoms with Gasteiger partial charge in [-0.05, 0) is 50.6 Å². The van der Waals surface area contributed by atoms with Crippen LogP contribution in [0.4, 0.5) is 0 Å². The Bertz CT molecular complexity index is 534. The Morgan fingerprint density at radius 3 is 2.89 bits per heavy atom. The predicted molar refractivity (Wildman–Crippen MR) is 77.2 cm³/mol. The summed E-state index contributed by atoms with van der Waals surface area (Å²) in [5, 5.41) is 0. The van der Waals surface area contributed by atoms with Crippen LogP contribution in [0, 0.1) is 6.92 Å². The minimum absolute atomic E-state index is 0.688. The molecule has 4 nitrogen and oxygen atoms in total. The summed E-state index contributed by atoms with van der Waals surface area (Å²) in [6.07, 6.45) is 4.89. The molecule has 2 rings (SSSR count). The van der Waals surface area contributed by atoms with Crippen LogP contribution in [0.15, 0.2) is 30.7 Å². The van der Waals surface area contributed by atoms with Crippen molar-refractivity contribution in [1.82, 2.24) is 9.55 Å². The summed E-state index contributed by atoms with van der Waals surface area (Å²) in [5.41, 5.74) is 8.75. The molecule has 1 aromatic carbocycles. The molecule has 0 saturated heterocycles. The van der Waals surface area contributed by atoms with E-state index in [1.165, 1.54) is 0 Å². The third-order valence-corrected chi connectivity index (χ3v) is 3.02. The van der Waals surface area contributed by atoms with Crippen molar-refractivity contribution in [1.29, 1.82) is 0 Å². The number of rotatable bonds is 6. The highest BCUT2D eigenvalue weighted by atomic mass is 16.5. The van der Waals surface area contributed by atoms with Crippen molar-refractivity contribution in [2.75, 3.05) is 13.2 Å². The summed E-state index contributed by atoms with van der Waals surface area (Å²) >= 11 is 0. The number of hydrogen-bond acceptors (Lipinski definition) is 3. The molecular weight excluding hydrogens is 238 g/mol. The largest absolute Gasteiger partial charge is 0.494 e. The van der Waals surface area contributed by atoms with Crippen LogP contribution in [-0.4, -0.2) is 22.7 Å². The van der Waals surface area contributed by atoms with Gasteiger partial charge in [-0.3, -0.25) is 0 Å². The summed E-state index contributed by atoms with van der Waals surface area (Å²) in [4.78, 5) is 4.44. The zero-order chi connectivity index (χ0) is 13.7. The van der Waals surface area contributed by atoms with E-state index in [2.05, 4.69) is 28.7 Å². The lowest BCUT2D eigenvalue weighted by molar-refractivity contribution is 0.338. The zero-order valence-electron chi connectivity index (χ0n) is 11.6. The van der Waals surface area contributed by atoms with Crippen LogP contribution < -0.4 is 10.5 Å². The summed E-state index contributed by atoms with van der Waals surface area (Å²) in [6.45, 7) is 6.36. The van der Waals surface area contributed by atoms with Crippen LogP contribution >= 0.6 is 0 Å². The molecule has 4 heteroatoms. The van der Waals surface area contributed by atoms with Gasteiger partial charge >= 0.3 is 0 Å². The van der Waals surface area contributed by atoms with Crippen LogP contribution in [0.3, 0.4) is 0 Å². The molecule has 19 heavy (non-hydrogen) atoms. The first kappa shape index (κ1) is 13.6. The van der Waals surface area contributed by atoms with Gasteiger partial charge in [0.05, 0.1) is 18.6 Å². The Labute approximate surface area is 114 Å². The predicted octanol–water partition coefficient (Wildman–Crippen LogP) is 2.61. The van der Waals surface area contributed by atoms with Gasteiger partial charge in [0.1, 0.15) is 5.75 Å². The molecule has 0 bridgehead atoms. The Hall–Kier alpha value is -1.81. The Kier molecular flexibility index (Phi) is 4.58. The van der Waals surface area contributed by atoms with Crippen molar-refractivity contribution >= 4 is 0 Å². The maximum Gasteiger partial charge on any atom is 0.122 e. The van der Waals surface area contributed by atoms with Crippen LogP contribution in [0.25, 0.3) is 11.3 Å². The van der Waals surface area contributed by atoms with E-state index < -0.39 is 0 Å². The van der Waals surface area contributed by atoms with Crippen molar-refractivity contribution in [3.63, 3.8) is 0 Å². The standard InChI is InChI=1S/C15H21N3O/c1-3-19-15-6-5-13(9-12(15)2)14-10-18(11-17-14)8-4-7-16/h5-6,9-11H,3-4,7-8,16H2,1-2H3. The van der Waals surface area contributed by atoms with Crippen LogP contribution in [0.5, 0.6) is 5.75 Å². The van der Waals surface area contributed by atoms with E-state index in [0.29, 0.717) is 13.2 Å². The van der Waals surface area contributed by atoms with Gasteiger partial charge in [-0.1, -0.05) is 0 Å². The second-order valence-electron chi connectivity index (χ2n) is 4.55. The highest BCUT2D eigenvalue weighted by molar-refractivity contribution is 5.61. The first-order chi connectivity index (χ1) is 9.24. The molecule has 0 fully saturated rings. The monoisotopic (exact) mass is 259 g/mol. The first-order valence-corrected chi connectivity index (χ1v) is 6.70. The molecular formula is C15H21N3O. The third-order valence-electron chi connectivity index (χ3n) is 3.02. The van der Waals surface area contributed by atoms with Gasteiger partial charge in [0.15, 0.2) is 0 Å². The van der Waals surface area contributed by atoms with Gasteiger partial charge in [-0.15, -0.1) is 0 Å². The van der Waals surface area contributed by atoms with E-state index in [4.69, 9.17) is 10.5 Å². The van der Waals surface area contributed by atoms with Crippen LogP contribution in [0.2, 0.25) is 0 Å². The average Bonchev–Trinajstić information content (AvgIpc) is 2.88. The molecule has 2 aromatic rings. The van der Waals surface area contributed by atoms with E-state index >= 15 is 0 Å². The molecule has 0 aliphatic carbocycles. The van der Waals surface area contributed by atoms with Crippen LogP contribution in [-0.2, 0) is 6.54 Å². The molecule has 1 heterocycles. The van der Waals surface area contributed by atoms with Gasteiger partial charge in [0, 0.05) is 18.3 Å². The molecule has 0 amide bonds. The number of nitrogens with zero attached hydrogens (tertiary/aromatic N) is 2. The quantitative estimate of drug-likeness (QED) is 0.867. The number of imidazole rings is 1. The maximum absolute atomic E-state index is 5.55. The zero-order valence-corrected chi connectivity index (χ0v) is 11.6.